The fraction of sp³-hybridized carbons (Fsp3) is 0.143. The van der Waals surface area contributed by atoms with Crippen molar-refractivity contribution in [3.8, 4) is 0 Å². The topological polar surface area (TPSA) is 0 Å². The summed E-state index contributed by atoms with van der Waals surface area (Å²) in [5, 5.41) is 1.24. The Kier molecular flexibility index (Phi) is 3.38. The van der Waals surface area contributed by atoms with Crippen LogP contribution in [-0.4, -0.2) is 27.3 Å². The molecular formula is C7H8Se2. The second-order valence-electron chi connectivity index (χ2n) is 1.76. The zero-order valence-corrected chi connectivity index (χ0v) is 8.54. The number of benzene rings is 1. The van der Waals surface area contributed by atoms with Gasteiger partial charge in [0.05, 0.1) is 0 Å². The molecule has 0 aromatic heterocycles. The van der Waals surface area contributed by atoms with Crippen molar-refractivity contribution in [1.82, 2.24) is 0 Å². The molecule has 0 radical (unpaired) electrons. The van der Waals surface area contributed by atoms with Crippen LogP contribution >= 0.6 is 0 Å². The molecule has 48 valence electrons. The second kappa shape index (κ2) is 4.13. The Labute approximate surface area is 68.6 Å². The molecule has 1 aromatic rings. The Morgan fingerprint density at radius 1 is 1.22 bits per heavy atom. The molecule has 0 aliphatic rings. The van der Waals surface area contributed by atoms with E-state index in [0.29, 0.717) is 13.1 Å². The van der Waals surface area contributed by atoms with Gasteiger partial charge in [-0.05, 0) is 0 Å². The van der Waals surface area contributed by atoms with Crippen LogP contribution < -0.4 is 0 Å². The van der Waals surface area contributed by atoms with Crippen LogP contribution in [0.2, 0.25) is 0 Å². The predicted octanol–water partition coefficient (Wildman–Crippen LogP) is 0.707. The first kappa shape index (κ1) is 7.37. The monoisotopic (exact) mass is 252 g/mol. The molecule has 0 N–H and O–H groups in total. The van der Waals surface area contributed by atoms with Crippen molar-refractivity contribution in [2.45, 2.75) is 5.32 Å². The second-order valence-corrected chi connectivity index (χ2v) is 5.72. The number of hydrogen-bond acceptors (Lipinski definition) is 0. The van der Waals surface area contributed by atoms with Crippen LogP contribution in [-0.2, 0) is 5.32 Å². The normalized spacial score (nSPS) is 9.44. The van der Waals surface area contributed by atoms with Crippen molar-refractivity contribution >= 4 is 27.3 Å². The molecule has 0 aliphatic carbocycles. The van der Waals surface area contributed by atoms with Gasteiger partial charge in [0, 0.05) is 0 Å². The summed E-state index contributed by atoms with van der Waals surface area (Å²) in [4.78, 5) is 0. The molecule has 0 saturated heterocycles. The Balaban J connectivity index is 2.61. The van der Waals surface area contributed by atoms with E-state index >= 15 is 0 Å². The maximum atomic E-state index is 2.66. The fourth-order valence-corrected chi connectivity index (χ4v) is 2.99. The van der Waals surface area contributed by atoms with Crippen LogP contribution in [0, 0.1) is 0 Å². The summed E-state index contributed by atoms with van der Waals surface area (Å²) < 4.78 is 0. The summed E-state index contributed by atoms with van der Waals surface area (Å²) in [6, 6.07) is 10.6. The molecular weight excluding hydrogens is 242 g/mol. The molecule has 0 nitrogen and oxygen atoms in total. The summed E-state index contributed by atoms with van der Waals surface area (Å²) in [6.07, 6.45) is 0. The van der Waals surface area contributed by atoms with E-state index in [1.165, 1.54) is 10.9 Å². The molecule has 0 bridgehead atoms. The van der Waals surface area contributed by atoms with Crippen molar-refractivity contribution in [3.63, 3.8) is 0 Å². The summed E-state index contributed by atoms with van der Waals surface area (Å²) in [7, 11) is 0. The van der Waals surface area contributed by atoms with Crippen molar-refractivity contribution in [1.29, 1.82) is 0 Å². The van der Waals surface area contributed by atoms with Gasteiger partial charge >= 0.3 is 68.5 Å². The van der Waals surface area contributed by atoms with E-state index < -0.39 is 0 Å². The molecule has 0 fully saturated rings. The number of rotatable bonds is 2. The van der Waals surface area contributed by atoms with Gasteiger partial charge in [0.25, 0.3) is 0 Å². The zero-order valence-electron chi connectivity index (χ0n) is 4.95. The van der Waals surface area contributed by atoms with Crippen molar-refractivity contribution < 1.29 is 0 Å². The first-order valence-electron chi connectivity index (χ1n) is 2.74. The molecule has 2 heteroatoms. The van der Waals surface area contributed by atoms with Gasteiger partial charge in [-0.1, -0.05) is 0 Å². The fourth-order valence-electron chi connectivity index (χ4n) is 0.649. The van der Waals surface area contributed by atoms with E-state index in [1.54, 1.807) is 0 Å². The molecule has 1 aromatic carbocycles. The summed E-state index contributed by atoms with van der Waals surface area (Å²) in [5.41, 5.74) is 1.46. The van der Waals surface area contributed by atoms with E-state index in [2.05, 4.69) is 44.5 Å². The molecule has 0 aliphatic heterocycles. The molecule has 0 saturated carbocycles. The first-order chi connectivity index (χ1) is 4.43. The van der Waals surface area contributed by atoms with Crippen LogP contribution in [0.4, 0.5) is 0 Å². The Morgan fingerprint density at radius 3 is 2.44 bits per heavy atom. The Hall–Kier alpha value is 0.259. The number of hydrogen-bond donors (Lipinski definition) is 0. The van der Waals surface area contributed by atoms with Crippen molar-refractivity contribution in [3.05, 3.63) is 35.9 Å². The predicted molar refractivity (Wildman–Crippen MR) is 43.0 cm³/mol. The van der Waals surface area contributed by atoms with Gasteiger partial charge in [-0.3, -0.25) is 0 Å². The third-order valence-electron chi connectivity index (χ3n) is 1.07. The van der Waals surface area contributed by atoms with Crippen LogP contribution in [0.15, 0.2) is 30.3 Å². The van der Waals surface area contributed by atoms with E-state index in [-0.39, 0.29) is 0 Å². The molecule has 1 rings (SSSR count). The minimum absolute atomic E-state index is 0.717. The molecule has 0 amide bonds. The van der Waals surface area contributed by atoms with Crippen molar-refractivity contribution in [2.24, 2.45) is 0 Å². The average molecular weight is 250 g/mol. The van der Waals surface area contributed by atoms with E-state index in [9.17, 15) is 0 Å². The zero-order chi connectivity index (χ0) is 6.53. The third kappa shape index (κ3) is 2.55. The van der Waals surface area contributed by atoms with Gasteiger partial charge in [-0.2, -0.15) is 0 Å². The van der Waals surface area contributed by atoms with Crippen LogP contribution in [0.5, 0.6) is 0 Å². The van der Waals surface area contributed by atoms with E-state index in [4.69, 9.17) is 0 Å². The van der Waals surface area contributed by atoms with Gasteiger partial charge in [0.15, 0.2) is 0 Å². The molecule has 0 atom stereocenters. The van der Waals surface area contributed by atoms with Gasteiger partial charge in [0.2, 0.25) is 0 Å². The van der Waals surface area contributed by atoms with Gasteiger partial charge in [-0.25, -0.2) is 0 Å². The van der Waals surface area contributed by atoms with Crippen molar-refractivity contribution in [2.75, 3.05) is 0 Å². The summed E-state index contributed by atoms with van der Waals surface area (Å²) in [5.74, 6) is 0. The first-order valence-corrected chi connectivity index (χ1v) is 8.69. The summed E-state index contributed by atoms with van der Waals surface area (Å²) in [6.45, 7) is 0. The SMILES string of the molecule is [SeH][Se]Cc1ccccc1. The quantitative estimate of drug-likeness (QED) is 0.678. The summed E-state index contributed by atoms with van der Waals surface area (Å²) >= 11 is 3.38. The minimum atomic E-state index is 0.717. The Bertz CT molecular complexity index is 160. The average Bonchev–Trinajstić information content (AvgIpc) is 1.91. The maximum absolute atomic E-state index is 2.66. The van der Waals surface area contributed by atoms with Gasteiger partial charge in [-0.15, -0.1) is 0 Å². The van der Waals surface area contributed by atoms with Crippen LogP contribution in [0.25, 0.3) is 0 Å². The Morgan fingerprint density at radius 2 is 1.89 bits per heavy atom. The standard InChI is InChI=1S/C7H8Se2/c8-9-6-7-4-2-1-3-5-7/h1-5,8H,6H2. The van der Waals surface area contributed by atoms with Gasteiger partial charge < -0.3 is 0 Å². The van der Waals surface area contributed by atoms with Crippen LogP contribution in [0.1, 0.15) is 5.56 Å². The molecule has 0 heterocycles. The molecule has 0 unspecified atom stereocenters. The van der Waals surface area contributed by atoms with E-state index in [1.807, 2.05) is 0 Å². The molecule has 9 heavy (non-hydrogen) atoms. The third-order valence-corrected chi connectivity index (χ3v) is 3.45. The van der Waals surface area contributed by atoms with Gasteiger partial charge in [0.1, 0.15) is 0 Å². The van der Waals surface area contributed by atoms with Crippen LogP contribution in [0.3, 0.4) is 0 Å². The van der Waals surface area contributed by atoms with E-state index in [0.717, 1.165) is 0 Å². The molecule has 0 spiro atoms.